The number of hydrogen-bond donors (Lipinski definition) is 2. The van der Waals surface area contributed by atoms with Gasteiger partial charge in [0.15, 0.2) is 0 Å². The van der Waals surface area contributed by atoms with Crippen LogP contribution in [0.4, 0.5) is 0 Å². The highest BCUT2D eigenvalue weighted by Gasteiger charge is 2.13. The summed E-state index contributed by atoms with van der Waals surface area (Å²) in [6.45, 7) is 0. The zero-order valence-corrected chi connectivity index (χ0v) is 15.0. The molecule has 6 rings (SSSR count). The van der Waals surface area contributed by atoms with E-state index in [1.807, 2.05) is 36.4 Å². The number of halogens is 2. The van der Waals surface area contributed by atoms with Crippen LogP contribution in [-0.2, 0) is 0 Å². The number of aromatic nitrogens is 2. The Morgan fingerprint density at radius 1 is 0.462 bits per heavy atom. The lowest BCUT2D eigenvalue weighted by Gasteiger charge is -2.03. The molecule has 2 nitrogen and oxygen atoms in total. The molecule has 4 aromatic carbocycles. The van der Waals surface area contributed by atoms with Crippen molar-refractivity contribution in [3.8, 4) is 0 Å². The molecule has 0 unspecified atom stereocenters. The van der Waals surface area contributed by atoms with Crippen molar-refractivity contribution in [2.75, 3.05) is 0 Å². The Labute approximate surface area is 158 Å². The fraction of sp³-hybridized carbons (Fsp3) is 0. The monoisotopic (exact) mass is 374 g/mol. The number of fused-ring (bicyclic) bond motifs is 9. The van der Waals surface area contributed by atoms with E-state index < -0.39 is 0 Å². The molecule has 2 aromatic heterocycles. The van der Waals surface area contributed by atoms with Crippen LogP contribution in [-0.4, -0.2) is 9.97 Å². The Hall–Kier alpha value is -2.68. The number of H-pyrrole nitrogens is 2. The Morgan fingerprint density at radius 2 is 0.885 bits per heavy atom. The summed E-state index contributed by atoms with van der Waals surface area (Å²) in [5.41, 5.74) is 4.43. The quantitative estimate of drug-likeness (QED) is 0.277. The molecule has 0 fully saturated rings. The molecule has 124 valence electrons. The van der Waals surface area contributed by atoms with Crippen LogP contribution in [0, 0.1) is 0 Å². The van der Waals surface area contributed by atoms with Crippen molar-refractivity contribution >= 4 is 77.6 Å². The first kappa shape index (κ1) is 14.5. The Bertz CT molecular complexity index is 1390. The molecule has 26 heavy (non-hydrogen) atoms. The molecular weight excluding hydrogens is 363 g/mol. The summed E-state index contributed by atoms with van der Waals surface area (Å²) >= 11 is 12.5. The number of benzene rings is 4. The van der Waals surface area contributed by atoms with E-state index in [9.17, 15) is 0 Å². The molecule has 0 saturated carbocycles. The van der Waals surface area contributed by atoms with Gasteiger partial charge in [-0.05, 0) is 59.3 Å². The highest BCUT2D eigenvalue weighted by atomic mass is 35.5. The van der Waals surface area contributed by atoms with Gasteiger partial charge in [0, 0.05) is 53.7 Å². The van der Waals surface area contributed by atoms with Gasteiger partial charge in [0.1, 0.15) is 0 Å². The summed E-state index contributed by atoms with van der Waals surface area (Å²) in [4.78, 5) is 7.00. The van der Waals surface area contributed by atoms with E-state index in [-0.39, 0.29) is 0 Å². The van der Waals surface area contributed by atoms with Gasteiger partial charge < -0.3 is 9.97 Å². The van der Waals surface area contributed by atoms with E-state index in [0.717, 1.165) is 42.9 Å². The van der Waals surface area contributed by atoms with Gasteiger partial charge in [-0.1, -0.05) is 35.3 Å². The maximum atomic E-state index is 6.27. The fourth-order valence-electron chi connectivity index (χ4n) is 4.15. The Kier molecular flexibility index (Phi) is 2.75. The number of nitrogens with one attached hydrogen (secondary N) is 2. The molecule has 0 amide bonds. The van der Waals surface area contributed by atoms with Crippen molar-refractivity contribution in [3.05, 3.63) is 70.7 Å². The third-order valence-electron chi connectivity index (χ3n) is 5.24. The fourth-order valence-corrected chi connectivity index (χ4v) is 4.49. The average Bonchev–Trinajstić information content (AvgIpc) is 3.19. The van der Waals surface area contributed by atoms with E-state index in [4.69, 9.17) is 23.2 Å². The van der Waals surface area contributed by atoms with Gasteiger partial charge in [-0.2, -0.15) is 0 Å². The third-order valence-corrected chi connectivity index (χ3v) is 5.71. The third kappa shape index (κ3) is 1.83. The number of hydrogen-bond acceptors (Lipinski definition) is 0. The molecule has 6 aromatic rings. The van der Waals surface area contributed by atoms with Crippen molar-refractivity contribution < 1.29 is 0 Å². The van der Waals surface area contributed by atoms with Gasteiger partial charge in [0.25, 0.3) is 0 Å². The minimum absolute atomic E-state index is 0.746. The molecule has 0 aliphatic heterocycles. The van der Waals surface area contributed by atoms with Crippen molar-refractivity contribution in [2.45, 2.75) is 0 Å². The summed E-state index contributed by atoms with van der Waals surface area (Å²) in [6, 6.07) is 20.6. The van der Waals surface area contributed by atoms with Gasteiger partial charge in [0.05, 0.1) is 0 Å². The van der Waals surface area contributed by atoms with Crippen LogP contribution in [0.2, 0.25) is 10.0 Å². The van der Waals surface area contributed by atoms with Crippen LogP contribution in [0.5, 0.6) is 0 Å². The van der Waals surface area contributed by atoms with Crippen LogP contribution in [0.1, 0.15) is 0 Å². The smallest absolute Gasteiger partial charge is 0.0471 e. The highest BCUT2D eigenvalue weighted by Crippen LogP contribution is 2.39. The van der Waals surface area contributed by atoms with E-state index >= 15 is 0 Å². The minimum Gasteiger partial charge on any atom is -0.354 e. The van der Waals surface area contributed by atoms with Crippen LogP contribution in [0.3, 0.4) is 0 Å². The maximum absolute atomic E-state index is 6.27. The summed E-state index contributed by atoms with van der Waals surface area (Å²) in [5.74, 6) is 0. The molecule has 2 heterocycles. The van der Waals surface area contributed by atoms with E-state index in [2.05, 4.69) is 34.2 Å². The SMILES string of the molecule is Clc1ccc2[nH]c3ccc4c(ccc5[nH]c6ccc(Cl)cc6c54)c3c2c1. The van der Waals surface area contributed by atoms with Crippen molar-refractivity contribution in [3.63, 3.8) is 0 Å². The van der Waals surface area contributed by atoms with Crippen molar-refractivity contribution in [1.82, 2.24) is 9.97 Å². The van der Waals surface area contributed by atoms with Crippen LogP contribution in [0.15, 0.2) is 60.7 Å². The van der Waals surface area contributed by atoms with Crippen molar-refractivity contribution in [1.29, 1.82) is 0 Å². The molecule has 0 saturated heterocycles. The predicted octanol–water partition coefficient (Wildman–Crippen LogP) is 7.42. The second-order valence-electron chi connectivity index (χ2n) is 6.70. The zero-order valence-electron chi connectivity index (χ0n) is 13.5. The average molecular weight is 375 g/mol. The largest absolute Gasteiger partial charge is 0.354 e. The van der Waals surface area contributed by atoms with Gasteiger partial charge in [-0.25, -0.2) is 0 Å². The van der Waals surface area contributed by atoms with Crippen LogP contribution in [0.25, 0.3) is 54.4 Å². The molecule has 0 aliphatic carbocycles. The van der Waals surface area contributed by atoms with E-state index in [1.165, 1.54) is 21.5 Å². The molecular formula is C22H12Cl2N2. The second-order valence-corrected chi connectivity index (χ2v) is 7.57. The first-order chi connectivity index (χ1) is 12.7. The summed E-state index contributed by atoms with van der Waals surface area (Å²) in [7, 11) is 0. The lowest BCUT2D eigenvalue weighted by Crippen LogP contribution is -1.78. The molecule has 4 heteroatoms. The molecule has 0 aliphatic rings. The standard InChI is InChI=1S/C22H12Cl2N2/c23-11-1-5-17-15(9-11)21-13-4-8-20-22(14(13)3-7-19(21)25-17)16-10-12(24)2-6-18(16)26-20/h1-10,25-26H. The van der Waals surface area contributed by atoms with Gasteiger partial charge in [0.2, 0.25) is 0 Å². The normalized spacial score (nSPS) is 12.2. The number of rotatable bonds is 0. The second kappa shape index (κ2) is 4.94. The maximum Gasteiger partial charge on any atom is 0.0471 e. The van der Waals surface area contributed by atoms with Gasteiger partial charge in [-0.3, -0.25) is 0 Å². The molecule has 0 spiro atoms. The Balaban J connectivity index is 1.90. The highest BCUT2D eigenvalue weighted by molar-refractivity contribution is 6.34. The summed E-state index contributed by atoms with van der Waals surface area (Å²) in [5, 5.41) is 8.63. The van der Waals surface area contributed by atoms with Crippen molar-refractivity contribution in [2.24, 2.45) is 0 Å². The van der Waals surface area contributed by atoms with Crippen LogP contribution < -0.4 is 0 Å². The van der Waals surface area contributed by atoms with Crippen LogP contribution >= 0.6 is 23.2 Å². The minimum atomic E-state index is 0.746. The predicted molar refractivity (Wildman–Crippen MR) is 113 cm³/mol. The van der Waals surface area contributed by atoms with Gasteiger partial charge >= 0.3 is 0 Å². The topological polar surface area (TPSA) is 31.6 Å². The zero-order chi connectivity index (χ0) is 17.4. The molecule has 0 radical (unpaired) electrons. The van der Waals surface area contributed by atoms with E-state index in [0.29, 0.717) is 0 Å². The van der Waals surface area contributed by atoms with E-state index in [1.54, 1.807) is 0 Å². The molecule has 0 bridgehead atoms. The molecule has 0 atom stereocenters. The first-order valence-corrected chi connectivity index (χ1v) is 9.18. The lowest BCUT2D eigenvalue weighted by atomic mass is 9.99. The molecule has 2 N–H and O–H groups in total. The lowest BCUT2D eigenvalue weighted by molar-refractivity contribution is 1.55. The summed E-state index contributed by atoms with van der Waals surface area (Å²) < 4.78 is 0. The number of aromatic amines is 2. The summed E-state index contributed by atoms with van der Waals surface area (Å²) in [6.07, 6.45) is 0. The Morgan fingerprint density at radius 3 is 1.35 bits per heavy atom. The first-order valence-electron chi connectivity index (χ1n) is 8.43. The van der Waals surface area contributed by atoms with Gasteiger partial charge in [-0.15, -0.1) is 0 Å².